The number of rotatable bonds is 3. The zero-order valence-corrected chi connectivity index (χ0v) is 11.0. The van der Waals surface area contributed by atoms with Gasteiger partial charge in [-0.15, -0.1) is 0 Å². The van der Waals surface area contributed by atoms with Crippen molar-refractivity contribution in [3.05, 3.63) is 65.5 Å². The van der Waals surface area contributed by atoms with Crippen LogP contribution in [0.25, 0.3) is 0 Å². The van der Waals surface area contributed by atoms with Gasteiger partial charge in [0, 0.05) is 4.90 Å². The Labute approximate surface area is 115 Å². The van der Waals surface area contributed by atoms with E-state index < -0.39 is 28.4 Å². The minimum Gasteiger partial charge on any atom is -0.254 e. The van der Waals surface area contributed by atoms with Gasteiger partial charge in [0.25, 0.3) is 0 Å². The molecule has 2 aromatic carbocycles. The highest BCUT2D eigenvalue weighted by atomic mass is 32.2. The van der Waals surface area contributed by atoms with Crippen LogP contribution in [0.15, 0.2) is 53.4 Å². The quantitative estimate of drug-likeness (QED) is 0.778. The molecule has 0 aliphatic carbocycles. The molecule has 0 saturated heterocycles. The zero-order chi connectivity index (χ0) is 14.8. The van der Waals surface area contributed by atoms with E-state index in [9.17, 15) is 21.8 Å². The number of halogens is 4. The fraction of sp³-hybridized carbons (Fsp3) is 0.143. The minimum absolute atomic E-state index is 0.0461. The van der Waals surface area contributed by atoms with Crippen molar-refractivity contribution in [3.8, 4) is 0 Å². The van der Waals surface area contributed by atoms with Crippen LogP contribution in [0, 0.1) is 5.82 Å². The van der Waals surface area contributed by atoms with Gasteiger partial charge in [-0.25, -0.2) is 4.39 Å². The largest absolute Gasteiger partial charge is 0.416 e. The Balaban J connectivity index is 2.18. The highest BCUT2D eigenvalue weighted by Crippen LogP contribution is 2.30. The second kappa shape index (κ2) is 5.75. The fourth-order valence-electron chi connectivity index (χ4n) is 1.66. The third-order valence-corrected chi connectivity index (χ3v) is 4.02. The standard InChI is InChI=1S/C14H10F4OS/c15-12-4-6-13(7-5-12)20(19)9-10-2-1-3-11(8-10)14(16,17)18/h1-8H,9H2. The summed E-state index contributed by atoms with van der Waals surface area (Å²) in [5, 5.41) is 0. The van der Waals surface area contributed by atoms with E-state index in [1.807, 2.05) is 0 Å². The van der Waals surface area contributed by atoms with Gasteiger partial charge < -0.3 is 0 Å². The zero-order valence-electron chi connectivity index (χ0n) is 10.2. The van der Waals surface area contributed by atoms with Crippen LogP contribution in [0.5, 0.6) is 0 Å². The molecule has 6 heteroatoms. The molecule has 0 aliphatic heterocycles. The average molecular weight is 302 g/mol. The lowest BCUT2D eigenvalue weighted by atomic mass is 10.1. The van der Waals surface area contributed by atoms with E-state index in [1.54, 1.807) is 0 Å². The molecular weight excluding hydrogens is 292 g/mol. The smallest absolute Gasteiger partial charge is 0.254 e. The summed E-state index contributed by atoms with van der Waals surface area (Å²) in [6, 6.07) is 9.75. The van der Waals surface area contributed by atoms with Gasteiger partial charge in [0.2, 0.25) is 0 Å². The lowest BCUT2D eigenvalue weighted by Crippen LogP contribution is -2.06. The predicted molar refractivity (Wildman–Crippen MR) is 68.0 cm³/mol. The molecule has 0 bridgehead atoms. The predicted octanol–water partition coefficient (Wildman–Crippen LogP) is 4.15. The Kier molecular flexibility index (Phi) is 4.23. The van der Waals surface area contributed by atoms with Gasteiger partial charge in [-0.3, -0.25) is 4.21 Å². The van der Waals surface area contributed by atoms with Gasteiger partial charge in [-0.05, 0) is 35.9 Å². The van der Waals surface area contributed by atoms with Crippen molar-refractivity contribution in [2.75, 3.05) is 0 Å². The molecule has 2 aromatic rings. The Morgan fingerprint density at radius 2 is 1.65 bits per heavy atom. The molecule has 2 rings (SSSR count). The van der Waals surface area contributed by atoms with Gasteiger partial charge in [0.1, 0.15) is 5.82 Å². The summed E-state index contributed by atoms with van der Waals surface area (Å²) in [6.07, 6.45) is -4.42. The maximum atomic E-state index is 12.7. The summed E-state index contributed by atoms with van der Waals surface area (Å²) in [5.74, 6) is -0.500. The molecule has 1 atom stereocenters. The van der Waals surface area contributed by atoms with E-state index in [0.717, 1.165) is 12.1 Å². The first-order chi connectivity index (χ1) is 9.36. The van der Waals surface area contributed by atoms with Crippen LogP contribution in [0.1, 0.15) is 11.1 Å². The monoisotopic (exact) mass is 302 g/mol. The van der Waals surface area contributed by atoms with Gasteiger partial charge in [0.15, 0.2) is 0 Å². The highest BCUT2D eigenvalue weighted by molar-refractivity contribution is 7.84. The van der Waals surface area contributed by atoms with Gasteiger partial charge >= 0.3 is 6.18 Å². The van der Waals surface area contributed by atoms with Crippen molar-refractivity contribution in [2.24, 2.45) is 0 Å². The molecule has 20 heavy (non-hydrogen) atoms. The van der Waals surface area contributed by atoms with E-state index in [0.29, 0.717) is 10.5 Å². The number of alkyl halides is 3. The molecule has 0 aromatic heterocycles. The summed E-state index contributed by atoms with van der Waals surface area (Å²) in [6.45, 7) is 0. The fourth-order valence-corrected chi connectivity index (χ4v) is 2.75. The topological polar surface area (TPSA) is 17.1 Å². The number of hydrogen-bond acceptors (Lipinski definition) is 1. The Bertz CT molecular complexity index is 620. The number of benzene rings is 2. The van der Waals surface area contributed by atoms with Crippen molar-refractivity contribution in [2.45, 2.75) is 16.8 Å². The second-order valence-corrected chi connectivity index (χ2v) is 5.59. The van der Waals surface area contributed by atoms with Crippen molar-refractivity contribution in [3.63, 3.8) is 0 Å². The second-order valence-electron chi connectivity index (χ2n) is 4.14. The van der Waals surface area contributed by atoms with Crippen LogP contribution in [-0.4, -0.2) is 4.21 Å². The third-order valence-electron chi connectivity index (χ3n) is 2.63. The third kappa shape index (κ3) is 3.66. The van der Waals surface area contributed by atoms with Crippen LogP contribution in [0.4, 0.5) is 17.6 Å². The van der Waals surface area contributed by atoms with Gasteiger partial charge in [0.05, 0.1) is 22.1 Å². The molecule has 0 saturated carbocycles. The molecule has 0 fully saturated rings. The van der Waals surface area contributed by atoms with Crippen molar-refractivity contribution < 1.29 is 21.8 Å². The molecular formula is C14H10F4OS. The van der Waals surface area contributed by atoms with E-state index in [-0.39, 0.29) is 5.75 Å². The molecule has 0 spiro atoms. The Morgan fingerprint density at radius 3 is 2.25 bits per heavy atom. The molecule has 0 aliphatic rings. The summed E-state index contributed by atoms with van der Waals surface area (Å²) in [4.78, 5) is 0.379. The van der Waals surface area contributed by atoms with E-state index in [1.165, 1.54) is 36.4 Å². The first-order valence-electron chi connectivity index (χ1n) is 5.66. The molecule has 0 heterocycles. The average Bonchev–Trinajstić information content (AvgIpc) is 2.38. The minimum atomic E-state index is -4.42. The number of hydrogen-bond donors (Lipinski definition) is 0. The lowest BCUT2D eigenvalue weighted by Gasteiger charge is -2.08. The highest BCUT2D eigenvalue weighted by Gasteiger charge is 2.30. The molecule has 0 radical (unpaired) electrons. The molecule has 0 N–H and O–H groups in total. The van der Waals surface area contributed by atoms with Gasteiger partial charge in [-0.2, -0.15) is 13.2 Å². The Morgan fingerprint density at radius 1 is 1.00 bits per heavy atom. The SMILES string of the molecule is O=S(Cc1cccc(C(F)(F)F)c1)c1ccc(F)cc1. The van der Waals surface area contributed by atoms with Crippen molar-refractivity contribution >= 4 is 10.8 Å². The Hall–Kier alpha value is -1.69. The van der Waals surface area contributed by atoms with Crippen LogP contribution in [0.3, 0.4) is 0 Å². The summed E-state index contributed by atoms with van der Waals surface area (Å²) >= 11 is 0. The summed E-state index contributed by atoms with van der Waals surface area (Å²) in [5.41, 5.74) is -0.450. The van der Waals surface area contributed by atoms with Crippen molar-refractivity contribution in [1.29, 1.82) is 0 Å². The van der Waals surface area contributed by atoms with E-state index in [2.05, 4.69) is 0 Å². The lowest BCUT2D eigenvalue weighted by molar-refractivity contribution is -0.137. The van der Waals surface area contributed by atoms with Crippen molar-refractivity contribution in [1.82, 2.24) is 0 Å². The first-order valence-corrected chi connectivity index (χ1v) is 6.98. The van der Waals surface area contributed by atoms with E-state index >= 15 is 0 Å². The van der Waals surface area contributed by atoms with Crippen LogP contribution in [-0.2, 0) is 22.7 Å². The maximum absolute atomic E-state index is 12.7. The molecule has 106 valence electrons. The summed E-state index contributed by atoms with van der Waals surface area (Å²) < 4.78 is 62.4. The maximum Gasteiger partial charge on any atom is 0.416 e. The first kappa shape index (κ1) is 14.7. The van der Waals surface area contributed by atoms with E-state index in [4.69, 9.17) is 0 Å². The van der Waals surface area contributed by atoms with Crippen LogP contribution >= 0.6 is 0 Å². The molecule has 0 amide bonds. The normalized spacial score (nSPS) is 13.2. The molecule has 1 nitrogen and oxygen atoms in total. The van der Waals surface area contributed by atoms with Crippen LogP contribution < -0.4 is 0 Å². The summed E-state index contributed by atoms with van der Waals surface area (Å²) in [7, 11) is -1.51. The van der Waals surface area contributed by atoms with Gasteiger partial charge in [-0.1, -0.05) is 18.2 Å². The molecule has 1 unspecified atom stereocenters. The van der Waals surface area contributed by atoms with Crippen LogP contribution in [0.2, 0.25) is 0 Å².